The lowest BCUT2D eigenvalue weighted by Crippen LogP contribution is -2.45. The Kier molecular flexibility index (Phi) is 5.81. The van der Waals surface area contributed by atoms with Crippen molar-refractivity contribution in [2.45, 2.75) is 18.9 Å². The number of carbonyl (C=O) groups excluding carboxylic acids is 1. The van der Waals surface area contributed by atoms with Crippen molar-refractivity contribution in [1.29, 1.82) is 0 Å². The van der Waals surface area contributed by atoms with Gasteiger partial charge in [-0.25, -0.2) is 0 Å². The Hall–Kier alpha value is -1.75. The SMILES string of the molecule is COC(=O)[C@H]1CCN(Cc2ccc(C3CN(c4c(Cl)cccc4Cl)C3)cc2)C1. The largest absolute Gasteiger partial charge is 0.469 e. The van der Waals surface area contributed by atoms with Gasteiger partial charge in [-0.1, -0.05) is 53.5 Å². The van der Waals surface area contributed by atoms with E-state index in [2.05, 4.69) is 34.1 Å². The first-order chi connectivity index (χ1) is 13.5. The van der Waals surface area contributed by atoms with Gasteiger partial charge in [0.1, 0.15) is 0 Å². The minimum atomic E-state index is -0.0917. The molecule has 2 aromatic carbocycles. The summed E-state index contributed by atoms with van der Waals surface area (Å²) >= 11 is 12.6. The molecule has 0 aliphatic carbocycles. The van der Waals surface area contributed by atoms with Crippen LogP contribution in [0, 0.1) is 5.92 Å². The minimum absolute atomic E-state index is 0.0156. The summed E-state index contributed by atoms with van der Waals surface area (Å²) in [5, 5.41) is 1.41. The van der Waals surface area contributed by atoms with E-state index in [0.29, 0.717) is 16.0 Å². The van der Waals surface area contributed by atoms with Crippen molar-refractivity contribution in [3.63, 3.8) is 0 Å². The average Bonchev–Trinajstić information content (AvgIpc) is 3.12. The van der Waals surface area contributed by atoms with Gasteiger partial charge in [0.15, 0.2) is 0 Å². The fourth-order valence-electron chi connectivity index (χ4n) is 4.15. The number of hydrogen-bond acceptors (Lipinski definition) is 4. The molecule has 2 fully saturated rings. The van der Waals surface area contributed by atoms with Crippen LogP contribution >= 0.6 is 23.2 Å². The molecule has 0 bridgehead atoms. The zero-order chi connectivity index (χ0) is 19.7. The molecule has 0 amide bonds. The smallest absolute Gasteiger partial charge is 0.310 e. The van der Waals surface area contributed by atoms with E-state index in [0.717, 1.165) is 44.8 Å². The number of benzene rings is 2. The predicted octanol–water partition coefficient (Wildman–Crippen LogP) is 4.59. The number of hydrogen-bond donors (Lipinski definition) is 0. The third-order valence-electron chi connectivity index (χ3n) is 5.80. The lowest BCUT2D eigenvalue weighted by molar-refractivity contribution is -0.144. The highest BCUT2D eigenvalue weighted by Crippen LogP contribution is 2.40. The van der Waals surface area contributed by atoms with E-state index >= 15 is 0 Å². The summed E-state index contributed by atoms with van der Waals surface area (Å²) in [6.07, 6.45) is 0.882. The zero-order valence-corrected chi connectivity index (χ0v) is 17.4. The highest BCUT2D eigenvalue weighted by Gasteiger charge is 2.31. The second kappa shape index (κ2) is 8.32. The van der Waals surface area contributed by atoms with Gasteiger partial charge < -0.3 is 9.64 Å². The van der Waals surface area contributed by atoms with Crippen molar-refractivity contribution < 1.29 is 9.53 Å². The van der Waals surface area contributed by atoms with Gasteiger partial charge in [0.05, 0.1) is 28.8 Å². The van der Waals surface area contributed by atoms with Crippen LogP contribution < -0.4 is 4.90 Å². The molecule has 2 aliphatic rings. The highest BCUT2D eigenvalue weighted by molar-refractivity contribution is 6.39. The van der Waals surface area contributed by atoms with E-state index in [4.69, 9.17) is 27.9 Å². The summed E-state index contributed by atoms with van der Waals surface area (Å²) in [7, 11) is 1.46. The van der Waals surface area contributed by atoms with Crippen LogP contribution in [0.4, 0.5) is 5.69 Å². The Bertz CT molecular complexity index is 830. The van der Waals surface area contributed by atoms with Crippen LogP contribution in [0.2, 0.25) is 10.0 Å². The first kappa shape index (κ1) is 19.6. The summed E-state index contributed by atoms with van der Waals surface area (Å²) in [6, 6.07) is 14.5. The van der Waals surface area contributed by atoms with Crippen molar-refractivity contribution in [3.05, 3.63) is 63.6 Å². The Morgan fingerprint density at radius 3 is 2.39 bits per heavy atom. The average molecular weight is 419 g/mol. The summed E-state index contributed by atoms with van der Waals surface area (Å²) in [4.78, 5) is 16.2. The molecule has 0 unspecified atom stereocenters. The van der Waals surface area contributed by atoms with Crippen molar-refractivity contribution in [3.8, 4) is 0 Å². The number of nitrogens with zero attached hydrogens (tertiary/aromatic N) is 2. The summed E-state index contributed by atoms with van der Waals surface area (Å²) in [5.41, 5.74) is 3.56. The Balaban J connectivity index is 1.32. The molecule has 2 saturated heterocycles. The van der Waals surface area contributed by atoms with E-state index in [9.17, 15) is 4.79 Å². The first-order valence-electron chi connectivity index (χ1n) is 9.63. The van der Waals surface area contributed by atoms with Gasteiger partial charge in [-0.2, -0.15) is 0 Å². The molecule has 2 aliphatic heterocycles. The molecule has 0 radical (unpaired) electrons. The van der Waals surface area contributed by atoms with Crippen LogP contribution in [0.5, 0.6) is 0 Å². The summed E-state index contributed by atoms with van der Waals surface area (Å²) in [6.45, 7) is 4.45. The number of halogens is 2. The number of likely N-dealkylation sites (tertiary alicyclic amines) is 1. The number of ether oxygens (including phenoxy) is 1. The standard InChI is InChI=1S/C22H24Cl2N2O2/c1-28-22(27)17-9-10-25(12-17)11-15-5-7-16(8-6-15)18-13-26(14-18)21-19(23)3-2-4-20(21)24/h2-8,17-18H,9-14H2,1H3/t17-/m0/s1. The van der Waals surface area contributed by atoms with E-state index in [1.165, 1.54) is 18.2 Å². The van der Waals surface area contributed by atoms with E-state index in [-0.39, 0.29) is 11.9 Å². The van der Waals surface area contributed by atoms with Crippen LogP contribution in [-0.2, 0) is 16.1 Å². The molecule has 4 nitrogen and oxygen atoms in total. The van der Waals surface area contributed by atoms with E-state index < -0.39 is 0 Å². The van der Waals surface area contributed by atoms with Crippen molar-refractivity contribution >= 4 is 34.9 Å². The van der Waals surface area contributed by atoms with Gasteiger partial charge in [-0.3, -0.25) is 9.69 Å². The fraction of sp³-hybridized carbons (Fsp3) is 0.409. The first-order valence-corrected chi connectivity index (χ1v) is 10.4. The van der Waals surface area contributed by atoms with Gasteiger partial charge in [-0.05, 0) is 36.2 Å². The molecule has 0 saturated carbocycles. The summed E-state index contributed by atoms with van der Waals surface area (Å²) in [5.74, 6) is 0.421. The van der Waals surface area contributed by atoms with Crippen LogP contribution in [0.25, 0.3) is 0 Å². The molecular weight excluding hydrogens is 395 g/mol. The molecule has 4 rings (SSSR count). The maximum atomic E-state index is 11.7. The number of esters is 1. The van der Waals surface area contributed by atoms with Crippen LogP contribution in [-0.4, -0.2) is 44.2 Å². The molecular formula is C22H24Cl2N2O2. The summed E-state index contributed by atoms with van der Waals surface area (Å²) < 4.78 is 4.86. The van der Waals surface area contributed by atoms with Crippen LogP contribution in [0.3, 0.4) is 0 Å². The Morgan fingerprint density at radius 2 is 1.75 bits per heavy atom. The van der Waals surface area contributed by atoms with Crippen molar-refractivity contribution in [2.75, 3.05) is 38.2 Å². The predicted molar refractivity (Wildman–Crippen MR) is 113 cm³/mol. The topological polar surface area (TPSA) is 32.8 Å². The van der Waals surface area contributed by atoms with Crippen molar-refractivity contribution in [1.82, 2.24) is 4.90 Å². The molecule has 2 aromatic rings. The molecule has 1 atom stereocenters. The van der Waals surface area contributed by atoms with Gasteiger partial charge in [-0.15, -0.1) is 0 Å². The fourth-order valence-corrected chi connectivity index (χ4v) is 4.79. The van der Waals surface area contributed by atoms with E-state index in [1.807, 2.05) is 18.2 Å². The second-order valence-electron chi connectivity index (χ2n) is 7.66. The zero-order valence-electron chi connectivity index (χ0n) is 15.9. The Morgan fingerprint density at radius 1 is 1.07 bits per heavy atom. The monoisotopic (exact) mass is 418 g/mol. The second-order valence-corrected chi connectivity index (χ2v) is 8.47. The molecule has 0 N–H and O–H groups in total. The molecule has 148 valence electrons. The lowest BCUT2D eigenvalue weighted by Gasteiger charge is -2.42. The molecule has 2 heterocycles. The highest BCUT2D eigenvalue weighted by atomic mass is 35.5. The third kappa shape index (κ3) is 4.00. The minimum Gasteiger partial charge on any atom is -0.469 e. The van der Waals surface area contributed by atoms with Gasteiger partial charge in [0.2, 0.25) is 0 Å². The number of para-hydroxylation sites is 1. The maximum Gasteiger partial charge on any atom is 0.310 e. The van der Waals surface area contributed by atoms with Gasteiger partial charge in [0.25, 0.3) is 0 Å². The molecule has 28 heavy (non-hydrogen) atoms. The lowest BCUT2D eigenvalue weighted by atomic mass is 9.90. The molecule has 6 heteroatoms. The molecule has 0 spiro atoms. The van der Waals surface area contributed by atoms with E-state index in [1.54, 1.807) is 0 Å². The Labute approximate surface area is 176 Å². The number of rotatable bonds is 5. The van der Waals surface area contributed by atoms with Gasteiger partial charge >= 0.3 is 5.97 Å². The quantitative estimate of drug-likeness (QED) is 0.664. The normalized spacial score (nSPS) is 20.2. The molecule has 0 aromatic heterocycles. The van der Waals surface area contributed by atoms with Crippen LogP contribution in [0.15, 0.2) is 42.5 Å². The number of anilines is 1. The maximum absolute atomic E-state index is 11.7. The van der Waals surface area contributed by atoms with Gasteiger partial charge in [0, 0.05) is 32.1 Å². The van der Waals surface area contributed by atoms with Crippen molar-refractivity contribution in [2.24, 2.45) is 5.92 Å². The number of carbonyl (C=O) groups is 1. The number of methoxy groups -OCH3 is 1. The third-order valence-corrected chi connectivity index (χ3v) is 6.41. The van der Waals surface area contributed by atoms with Crippen LogP contribution in [0.1, 0.15) is 23.5 Å².